The first kappa shape index (κ1) is 23.1. The molecule has 1 saturated heterocycles. The molecular weight excluding hydrogens is 424 g/mol. The molecule has 1 saturated carbocycles. The van der Waals surface area contributed by atoms with Crippen LogP contribution in [0.15, 0.2) is 23.2 Å². The summed E-state index contributed by atoms with van der Waals surface area (Å²) in [6, 6.07) is 5.21. The molecule has 1 atom stereocenters. The number of nitrogens with zero attached hydrogens (tertiary/aromatic N) is 2. The van der Waals surface area contributed by atoms with Gasteiger partial charge in [-0.25, -0.2) is 4.99 Å². The van der Waals surface area contributed by atoms with Crippen molar-refractivity contribution in [1.82, 2.24) is 15.5 Å². The van der Waals surface area contributed by atoms with Gasteiger partial charge in [0.15, 0.2) is 6.10 Å². The van der Waals surface area contributed by atoms with Gasteiger partial charge < -0.3 is 20.1 Å². The number of unbranched alkanes of at least 4 members (excludes halogenated alkanes) is 1. The second-order valence-electron chi connectivity index (χ2n) is 9.13. The second kappa shape index (κ2) is 10.7. The molecule has 0 bridgehead atoms. The zero-order chi connectivity index (χ0) is 23.2. The number of carboxylic acids is 1. The van der Waals surface area contributed by atoms with E-state index >= 15 is 0 Å². The minimum absolute atomic E-state index is 0.102. The number of carbonyl (C=O) groups excluding carboxylic acids is 2. The van der Waals surface area contributed by atoms with E-state index in [9.17, 15) is 19.5 Å². The predicted octanol–water partition coefficient (Wildman–Crippen LogP) is 2.71. The molecule has 0 aromatic heterocycles. The van der Waals surface area contributed by atoms with Crippen molar-refractivity contribution in [1.29, 1.82) is 0 Å². The van der Waals surface area contributed by atoms with Crippen LogP contribution in [0.25, 0.3) is 0 Å². The molecule has 2 fully saturated rings. The first-order valence-electron chi connectivity index (χ1n) is 11.9. The molecule has 3 aliphatic rings. The lowest BCUT2D eigenvalue weighted by molar-refractivity contribution is -0.143. The van der Waals surface area contributed by atoms with E-state index in [0.29, 0.717) is 30.5 Å². The quantitative estimate of drug-likeness (QED) is 0.466. The van der Waals surface area contributed by atoms with Crippen LogP contribution in [0.3, 0.4) is 0 Å². The zero-order valence-corrected chi connectivity index (χ0v) is 18.8. The summed E-state index contributed by atoms with van der Waals surface area (Å²) in [4.78, 5) is 41.9. The fourth-order valence-electron chi connectivity index (χ4n) is 4.77. The Labute approximate surface area is 193 Å². The van der Waals surface area contributed by atoms with E-state index in [1.807, 2.05) is 11.0 Å². The third-order valence-corrected chi connectivity index (χ3v) is 6.52. The van der Waals surface area contributed by atoms with Gasteiger partial charge in [0.05, 0.1) is 12.1 Å². The Hall–Kier alpha value is -3.10. The van der Waals surface area contributed by atoms with Crippen LogP contribution in [-0.2, 0) is 20.9 Å². The third kappa shape index (κ3) is 6.24. The van der Waals surface area contributed by atoms with Crippen molar-refractivity contribution < 1.29 is 24.2 Å². The zero-order valence-electron chi connectivity index (χ0n) is 18.8. The summed E-state index contributed by atoms with van der Waals surface area (Å²) in [5.74, 6) is 0.0558. The van der Waals surface area contributed by atoms with E-state index in [4.69, 9.17) is 4.74 Å². The highest BCUT2D eigenvalue weighted by Gasteiger charge is 2.30. The number of rotatable bonds is 10. The third-order valence-electron chi connectivity index (χ3n) is 6.52. The van der Waals surface area contributed by atoms with Gasteiger partial charge in [-0.3, -0.25) is 19.7 Å². The molecule has 1 aromatic carbocycles. The number of carbonyl (C=O) groups is 3. The highest BCUT2D eigenvalue weighted by atomic mass is 16.5. The molecule has 9 heteroatoms. The lowest BCUT2D eigenvalue weighted by atomic mass is 9.86. The Morgan fingerprint density at radius 2 is 2.03 bits per heavy atom. The van der Waals surface area contributed by atoms with Crippen molar-refractivity contribution in [3.05, 3.63) is 23.8 Å². The second-order valence-corrected chi connectivity index (χ2v) is 9.13. The van der Waals surface area contributed by atoms with Crippen LogP contribution in [0.2, 0.25) is 0 Å². The standard InChI is InChI=1S/C24H32N4O5/c29-21-15-28-14-17-9-10-18(12-19(17)26-24(28)27-21)33-20(13-22(30)31)23(32)25-11-5-4-8-16-6-2-1-3-7-16/h9-10,12,16,20H,1-8,11,13-15H2,(H,25,32)(H,30,31)(H,26,27,29). The Bertz CT molecular complexity index is 925. The van der Waals surface area contributed by atoms with E-state index in [1.165, 1.54) is 38.5 Å². The summed E-state index contributed by atoms with van der Waals surface area (Å²) in [6.07, 6.45) is 8.23. The van der Waals surface area contributed by atoms with Gasteiger partial charge in [0.1, 0.15) is 12.3 Å². The topological polar surface area (TPSA) is 120 Å². The van der Waals surface area contributed by atoms with Crippen molar-refractivity contribution in [2.45, 2.75) is 70.4 Å². The maximum atomic E-state index is 12.6. The number of fused-ring (bicyclic) bond motifs is 2. The molecule has 9 nitrogen and oxygen atoms in total. The molecule has 0 radical (unpaired) electrons. The Morgan fingerprint density at radius 3 is 2.82 bits per heavy atom. The van der Waals surface area contributed by atoms with E-state index in [2.05, 4.69) is 15.6 Å². The molecule has 1 aromatic rings. The fourth-order valence-corrected chi connectivity index (χ4v) is 4.77. The summed E-state index contributed by atoms with van der Waals surface area (Å²) in [7, 11) is 0. The van der Waals surface area contributed by atoms with Crippen molar-refractivity contribution in [2.75, 3.05) is 13.1 Å². The number of guanidine groups is 1. The van der Waals surface area contributed by atoms with E-state index in [-0.39, 0.29) is 12.5 Å². The van der Waals surface area contributed by atoms with E-state index in [1.54, 1.807) is 12.1 Å². The highest BCUT2D eigenvalue weighted by molar-refractivity contribution is 6.05. The number of benzene rings is 1. The van der Waals surface area contributed by atoms with Gasteiger partial charge in [-0.15, -0.1) is 0 Å². The minimum atomic E-state index is -1.13. The van der Waals surface area contributed by atoms with Crippen LogP contribution >= 0.6 is 0 Å². The lowest BCUT2D eigenvalue weighted by Crippen LogP contribution is -2.40. The number of amides is 2. The van der Waals surface area contributed by atoms with Crippen molar-refractivity contribution in [3.8, 4) is 5.75 Å². The fraction of sp³-hybridized carbons (Fsp3) is 0.583. The van der Waals surface area contributed by atoms with E-state index < -0.39 is 24.4 Å². The minimum Gasteiger partial charge on any atom is -0.481 e. The molecule has 33 heavy (non-hydrogen) atoms. The van der Waals surface area contributed by atoms with Gasteiger partial charge in [0, 0.05) is 19.2 Å². The molecule has 0 spiro atoms. The molecular formula is C24H32N4O5. The average Bonchev–Trinajstić information content (AvgIpc) is 3.15. The smallest absolute Gasteiger partial charge is 0.307 e. The summed E-state index contributed by atoms with van der Waals surface area (Å²) in [6.45, 7) is 1.34. The first-order valence-corrected chi connectivity index (χ1v) is 11.9. The number of aliphatic imine (C=N–C) groups is 1. The summed E-state index contributed by atoms with van der Waals surface area (Å²) >= 11 is 0. The molecule has 1 aliphatic carbocycles. The lowest BCUT2D eigenvalue weighted by Gasteiger charge is -2.24. The van der Waals surface area contributed by atoms with Crippen LogP contribution < -0.4 is 15.4 Å². The molecule has 2 amide bonds. The van der Waals surface area contributed by atoms with Crippen LogP contribution in [0.1, 0.15) is 63.4 Å². The number of hydrogen-bond acceptors (Lipinski definition) is 6. The Balaban J connectivity index is 1.30. The normalized spacial score (nSPS) is 18.6. The van der Waals surface area contributed by atoms with Gasteiger partial charge in [0.25, 0.3) is 5.91 Å². The van der Waals surface area contributed by atoms with Crippen molar-refractivity contribution in [3.63, 3.8) is 0 Å². The summed E-state index contributed by atoms with van der Waals surface area (Å²) in [5.41, 5.74) is 1.57. The Kier molecular flexibility index (Phi) is 7.47. The van der Waals surface area contributed by atoms with Gasteiger partial charge >= 0.3 is 5.97 Å². The van der Waals surface area contributed by atoms with Crippen molar-refractivity contribution >= 4 is 29.4 Å². The number of nitrogens with one attached hydrogen (secondary N) is 2. The molecule has 1 unspecified atom stereocenters. The molecule has 178 valence electrons. The highest BCUT2D eigenvalue weighted by Crippen LogP contribution is 2.31. The summed E-state index contributed by atoms with van der Waals surface area (Å²) in [5, 5.41) is 14.8. The van der Waals surface area contributed by atoms with Gasteiger partial charge in [0.2, 0.25) is 11.9 Å². The first-order chi connectivity index (χ1) is 16.0. The summed E-state index contributed by atoms with van der Waals surface area (Å²) < 4.78 is 5.77. The molecule has 4 rings (SSSR count). The van der Waals surface area contributed by atoms with Crippen LogP contribution in [0, 0.1) is 5.92 Å². The van der Waals surface area contributed by atoms with Crippen LogP contribution in [-0.4, -0.2) is 52.9 Å². The average molecular weight is 457 g/mol. The Morgan fingerprint density at radius 1 is 1.21 bits per heavy atom. The van der Waals surface area contributed by atoms with Gasteiger partial charge in [-0.05, 0) is 24.0 Å². The number of carboxylic acid groups (broad SMARTS) is 1. The SMILES string of the molecule is O=C(O)CC(Oc1ccc2c(c1)N=C1NC(=O)CN1C2)C(=O)NCCCCC1CCCCC1. The van der Waals surface area contributed by atoms with Crippen LogP contribution in [0.5, 0.6) is 5.75 Å². The number of ether oxygens (including phenoxy) is 1. The van der Waals surface area contributed by atoms with Crippen LogP contribution in [0.4, 0.5) is 5.69 Å². The molecule has 2 heterocycles. The van der Waals surface area contributed by atoms with Gasteiger partial charge in [-0.1, -0.05) is 51.0 Å². The maximum absolute atomic E-state index is 12.6. The predicted molar refractivity (Wildman–Crippen MR) is 122 cm³/mol. The molecule has 2 aliphatic heterocycles. The van der Waals surface area contributed by atoms with Gasteiger partial charge in [-0.2, -0.15) is 0 Å². The number of hydrogen-bond donors (Lipinski definition) is 3. The van der Waals surface area contributed by atoms with Crippen molar-refractivity contribution in [2.24, 2.45) is 10.9 Å². The number of aliphatic carboxylic acids is 1. The monoisotopic (exact) mass is 456 g/mol. The maximum Gasteiger partial charge on any atom is 0.307 e. The molecule has 3 N–H and O–H groups in total. The van der Waals surface area contributed by atoms with E-state index in [0.717, 1.165) is 24.3 Å². The largest absolute Gasteiger partial charge is 0.481 e.